The normalized spacial score (nSPS) is 12.1. The lowest BCUT2D eigenvalue weighted by atomic mass is 9.88. The van der Waals surface area contributed by atoms with Crippen LogP contribution < -0.4 is 19.3 Å². The fourth-order valence-corrected chi connectivity index (χ4v) is 8.88. The zero-order valence-electron chi connectivity index (χ0n) is 31.3. The number of benzene rings is 10. The molecule has 0 aliphatic carbocycles. The van der Waals surface area contributed by atoms with Crippen molar-refractivity contribution in [3.05, 3.63) is 206 Å². The summed E-state index contributed by atoms with van der Waals surface area (Å²) < 4.78 is 13.7. The molecule has 272 valence electrons. The zero-order valence-corrected chi connectivity index (χ0v) is 31.3. The van der Waals surface area contributed by atoms with E-state index in [1.165, 1.54) is 21.5 Å². The number of ether oxygens (including phenoxy) is 2. The first-order chi connectivity index (χ1) is 28.7. The van der Waals surface area contributed by atoms with Crippen LogP contribution in [0.25, 0.3) is 54.6 Å². The van der Waals surface area contributed by atoms with E-state index in [4.69, 9.17) is 9.47 Å². The number of para-hydroxylation sites is 2. The highest BCUT2D eigenvalue weighted by Crippen LogP contribution is 2.56. The molecule has 0 saturated carbocycles. The average molecular weight is 743 g/mol. The second kappa shape index (κ2) is 12.9. The second-order valence-electron chi connectivity index (χ2n) is 14.9. The summed E-state index contributed by atoms with van der Waals surface area (Å²) >= 11 is 0. The molecule has 12 rings (SSSR count). The van der Waals surface area contributed by atoms with Crippen LogP contribution >= 0.6 is 0 Å². The van der Waals surface area contributed by atoms with E-state index in [9.17, 15) is 0 Å². The Morgan fingerprint density at radius 1 is 0.241 bits per heavy atom. The fraction of sp³-hybridized carbons (Fsp3) is 0. The van der Waals surface area contributed by atoms with E-state index in [1.54, 1.807) is 0 Å². The van der Waals surface area contributed by atoms with Crippen molar-refractivity contribution in [3.8, 4) is 45.3 Å². The summed E-state index contributed by atoms with van der Waals surface area (Å²) in [5.74, 6) is 3.30. The van der Waals surface area contributed by atoms with Crippen LogP contribution in [0.5, 0.6) is 23.0 Å². The highest BCUT2D eigenvalue weighted by Gasteiger charge is 2.29. The maximum atomic E-state index is 6.84. The Morgan fingerprint density at radius 3 is 1.05 bits per heavy atom. The Kier molecular flexibility index (Phi) is 7.20. The number of fused-ring (bicyclic) bond motifs is 6. The molecule has 2 aliphatic heterocycles. The van der Waals surface area contributed by atoms with E-state index in [2.05, 4.69) is 216 Å². The Morgan fingerprint density at radius 2 is 0.603 bits per heavy atom. The third-order valence-corrected chi connectivity index (χ3v) is 11.6. The van der Waals surface area contributed by atoms with Crippen LogP contribution in [0, 0.1) is 0 Å². The molecule has 0 atom stereocenters. The van der Waals surface area contributed by atoms with E-state index < -0.39 is 0 Å². The third-order valence-electron chi connectivity index (χ3n) is 11.6. The summed E-state index contributed by atoms with van der Waals surface area (Å²) in [6.07, 6.45) is 0. The average Bonchev–Trinajstić information content (AvgIpc) is 3.28. The van der Waals surface area contributed by atoms with Crippen molar-refractivity contribution < 1.29 is 9.47 Å². The van der Waals surface area contributed by atoms with Crippen LogP contribution in [0.3, 0.4) is 0 Å². The molecular weight excluding hydrogens is 709 g/mol. The number of anilines is 6. The SMILES string of the molecule is c1ccc(N(c2ccc3c(c2)Oc2ccc4c5c(ccc-3c25)Oc2cc(N(c3ccccc3)c3ccc5ccccc5c3)ccc2-4)c2ccc3ccccc3c2)cc1. The molecule has 0 N–H and O–H groups in total. The van der Waals surface area contributed by atoms with Gasteiger partial charge in [0.15, 0.2) is 0 Å². The molecule has 0 aromatic heterocycles. The molecule has 0 fully saturated rings. The number of hydrogen-bond acceptors (Lipinski definition) is 4. The van der Waals surface area contributed by atoms with Gasteiger partial charge in [-0.05, 0) is 130 Å². The predicted octanol–water partition coefficient (Wildman–Crippen LogP) is 15.6. The maximum Gasteiger partial charge on any atom is 0.137 e. The fourth-order valence-electron chi connectivity index (χ4n) is 8.88. The minimum Gasteiger partial charge on any atom is -0.456 e. The van der Waals surface area contributed by atoms with Gasteiger partial charge in [-0.25, -0.2) is 0 Å². The van der Waals surface area contributed by atoms with E-state index in [0.29, 0.717) is 0 Å². The molecule has 2 heterocycles. The van der Waals surface area contributed by atoms with Crippen molar-refractivity contribution >= 4 is 66.4 Å². The predicted molar refractivity (Wildman–Crippen MR) is 239 cm³/mol. The van der Waals surface area contributed by atoms with E-state index in [0.717, 1.165) is 90.1 Å². The first kappa shape index (κ1) is 32.4. The minimum absolute atomic E-state index is 0.825. The largest absolute Gasteiger partial charge is 0.456 e. The number of hydrogen-bond donors (Lipinski definition) is 0. The van der Waals surface area contributed by atoms with E-state index >= 15 is 0 Å². The number of nitrogens with zero attached hydrogens (tertiary/aromatic N) is 2. The maximum absolute atomic E-state index is 6.84. The van der Waals surface area contributed by atoms with Crippen molar-refractivity contribution in [2.24, 2.45) is 0 Å². The zero-order chi connectivity index (χ0) is 38.2. The van der Waals surface area contributed by atoms with Crippen LogP contribution in [0.2, 0.25) is 0 Å². The van der Waals surface area contributed by atoms with Crippen molar-refractivity contribution in [3.63, 3.8) is 0 Å². The van der Waals surface area contributed by atoms with Gasteiger partial charge in [-0.15, -0.1) is 0 Å². The summed E-state index contributed by atoms with van der Waals surface area (Å²) in [5.41, 5.74) is 10.8. The minimum atomic E-state index is 0.825. The number of rotatable bonds is 6. The molecule has 0 radical (unpaired) electrons. The topological polar surface area (TPSA) is 24.9 Å². The van der Waals surface area contributed by atoms with Gasteiger partial charge in [-0.3, -0.25) is 0 Å². The van der Waals surface area contributed by atoms with Gasteiger partial charge in [-0.1, -0.05) is 97.1 Å². The van der Waals surface area contributed by atoms with Gasteiger partial charge < -0.3 is 19.3 Å². The summed E-state index contributed by atoms with van der Waals surface area (Å²) in [5, 5.41) is 6.96. The molecule has 10 aromatic rings. The first-order valence-corrected chi connectivity index (χ1v) is 19.7. The van der Waals surface area contributed by atoms with Gasteiger partial charge in [0.05, 0.1) is 0 Å². The van der Waals surface area contributed by atoms with E-state index in [1.807, 2.05) is 0 Å². The molecule has 4 nitrogen and oxygen atoms in total. The monoisotopic (exact) mass is 742 g/mol. The van der Waals surface area contributed by atoms with Crippen molar-refractivity contribution in [2.45, 2.75) is 0 Å². The summed E-state index contributed by atoms with van der Waals surface area (Å²) in [7, 11) is 0. The molecule has 0 spiro atoms. The summed E-state index contributed by atoms with van der Waals surface area (Å²) in [6.45, 7) is 0. The lowest BCUT2D eigenvalue weighted by Crippen LogP contribution is -2.11. The van der Waals surface area contributed by atoms with Crippen LogP contribution in [0.1, 0.15) is 0 Å². The highest BCUT2D eigenvalue weighted by atomic mass is 16.5. The Labute approximate surface area is 336 Å². The van der Waals surface area contributed by atoms with Gasteiger partial charge in [0.25, 0.3) is 0 Å². The second-order valence-corrected chi connectivity index (χ2v) is 14.9. The van der Waals surface area contributed by atoms with Crippen molar-refractivity contribution in [1.29, 1.82) is 0 Å². The Bertz CT molecular complexity index is 3030. The molecule has 0 unspecified atom stereocenters. The van der Waals surface area contributed by atoms with E-state index in [-0.39, 0.29) is 0 Å². The quantitative estimate of drug-likeness (QED) is 0.169. The lowest BCUT2D eigenvalue weighted by Gasteiger charge is -2.30. The van der Waals surface area contributed by atoms with Gasteiger partial charge in [0.1, 0.15) is 23.0 Å². The van der Waals surface area contributed by atoms with Crippen LogP contribution in [0.15, 0.2) is 206 Å². The molecular formula is C54H34N2O2. The molecule has 0 amide bonds. The molecule has 0 saturated heterocycles. The molecule has 10 aromatic carbocycles. The lowest BCUT2D eigenvalue weighted by molar-refractivity contribution is 0.480. The molecule has 58 heavy (non-hydrogen) atoms. The summed E-state index contributed by atoms with van der Waals surface area (Å²) in [4.78, 5) is 4.59. The molecule has 2 aliphatic rings. The van der Waals surface area contributed by atoms with Gasteiger partial charge >= 0.3 is 0 Å². The summed E-state index contributed by atoms with van der Waals surface area (Å²) in [6, 6.07) is 73.0. The highest BCUT2D eigenvalue weighted by molar-refractivity contribution is 6.14. The Balaban J connectivity index is 0.949. The van der Waals surface area contributed by atoms with Crippen molar-refractivity contribution in [1.82, 2.24) is 0 Å². The van der Waals surface area contributed by atoms with Gasteiger partial charge in [0.2, 0.25) is 0 Å². The molecule has 4 heteroatoms. The first-order valence-electron chi connectivity index (χ1n) is 19.7. The Hall–Kier alpha value is -7.82. The van der Waals surface area contributed by atoms with Gasteiger partial charge in [-0.2, -0.15) is 0 Å². The van der Waals surface area contributed by atoms with Crippen LogP contribution in [0.4, 0.5) is 34.1 Å². The van der Waals surface area contributed by atoms with Crippen LogP contribution in [-0.4, -0.2) is 0 Å². The van der Waals surface area contributed by atoms with Crippen LogP contribution in [-0.2, 0) is 0 Å². The smallest absolute Gasteiger partial charge is 0.137 e. The third kappa shape index (κ3) is 5.16. The van der Waals surface area contributed by atoms with Crippen molar-refractivity contribution in [2.75, 3.05) is 9.80 Å². The standard InChI is InChI=1S/C54H34N2O2/c1-3-15-39(16-4-1)55(41-21-19-35-11-7-9-13-37(35)31-41)43-23-25-45-47-27-30-50-54-48(28-29-49(53(47)54)57-51(45)33-43)46-26-24-44(34-52(46)58-50)56(40-17-5-2-6-18-40)42-22-20-36-12-8-10-14-38(36)32-42/h1-34H. The van der Waals surface area contributed by atoms with Gasteiger partial charge in [0, 0.05) is 68.2 Å². The molecule has 0 bridgehead atoms.